The van der Waals surface area contributed by atoms with Gasteiger partial charge in [0.2, 0.25) is 5.91 Å². The number of nitrogens with zero attached hydrogens (tertiary/aromatic N) is 5. The zero-order valence-electron chi connectivity index (χ0n) is 23.8. The molecule has 2 atom stereocenters. The second kappa shape index (κ2) is 10.7. The van der Waals surface area contributed by atoms with Crippen molar-refractivity contribution in [3.63, 3.8) is 0 Å². The number of carbonyl (C=O) groups excluding carboxylic acids is 2. The molecule has 4 aliphatic rings. The minimum absolute atomic E-state index is 0.0135. The molecule has 3 fully saturated rings. The highest BCUT2D eigenvalue weighted by atomic mass is 35.5. The third-order valence-electron chi connectivity index (χ3n) is 9.07. The number of carbonyl (C=O) groups is 2. The molecular formula is C30H32ClF4N5O3. The van der Waals surface area contributed by atoms with E-state index in [0.29, 0.717) is 19.5 Å². The molecule has 4 aliphatic heterocycles. The number of hydrogen-bond donors (Lipinski definition) is 0. The lowest BCUT2D eigenvalue weighted by molar-refractivity contribution is -0.213. The second-order valence-electron chi connectivity index (χ2n) is 12.2. The van der Waals surface area contributed by atoms with Crippen molar-refractivity contribution in [2.75, 3.05) is 50.8 Å². The summed E-state index contributed by atoms with van der Waals surface area (Å²) in [6.45, 7) is 8.43. The van der Waals surface area contributed by atoms with Gasteiger partial charge < -0.3 is 19.4 Å². The van der Waals surface area contributed by atoms with Gasteiger partial charge in [-0.15, -0.1) is 0 Å². The molecule has 2 aromatic rings. The Labute approximate surface area is 251 Å². The number of aromatic nitrogens is 1. The molecule has 13 heteroatoms. The zero-order chi connectivity index (χ0) is 30.8. The molecule has 0 bridgehead atoms. The summed E-state index contributed by atoms with van der Waals surface area (Å²) in [7, 11) is 0. The predicted molar refractivity (Wildman–Crippen MR) is 153 cm³/mol. The molecule has 1 aromatic heterocycles. The fourth-order valence-corrected chi connectivity index (χ4v) is 6.94. The largest absolute Gasteiger partial charge is 0.489 e. The summed E-state index contributed by atoms with van der Waals surface area (Å²) in [5.41, 5.74) is -0.260. The lowest BCUT2D eigenvalue weighted by atomic mass is 9.93. The number of alkyl halides is 3. The van der Waals surface area contributed by atoms with E-state index in [-0.39, 0.29) is 84.1 Å². The van der Waals surface area contributed by atoms with E-state index in [4.69, 9.17) is 21.3 Å². The van der Waals surface area contributed by atoms with Gasteiger partial charge >= 0.3 is 6.18 Å². The highest BCUT2D eigenvalue weighted by molar-refractivity contribution is 6.35. The summed E-state index contributed by atoms with van der Waals surface area (Å²) in [4.78, 5) is 38.4. The standard InChI is InChI=1S/C30H32ClF4N5O3/c1-4-22(41)37-9-10-39-19(14-37)16-43-26-23(28(39)42)27(36-25(24(26)31)20-7-5-6-8-21(20)32)40-15-18(11-29(40,2)3)38-12-17(13-38)30(33,34)35/h4-8,17-19H,1,9-16H2,2-3H3/t18-,19-/m1/s1. The number of likely N-dealkylation sites (tertiary alicyclic amines) is 1. The SMILES string of the molecule is C=CC(=O)N1CCN2C(=O)c3c(N4C[C@H](N5CC(C(F)(F)F)C5)CC4(C)C)nc(-c4ccccc4F)c(Cl)c3OC[C@H]2C1. The fraction of sp³-hybridized carbons (Fsp3) is 0.500. The van der Waals surface area contributed by atoms with Crippen molar-refractivity contribution in [3.05, 3.63) is 53.3 Å². The number of piperazine rings is 1. The molecule has 0 spiro atoms. The molecule has 6 rings (SSSR count). The Morgan fingerprint density at radius 2 is 1.86 bits per heavy atom. The lowest BCUT2D eigenvalue weighted by Crippen LogP contribution is -2.57. The second-order valence-corrected chi connectivity index (χ2v) is 12.6. The Balaban J connectivity index is 1.42. The van der Waals surface area contributed by atoms with Crippen LogP contribution >= 0.6 is 11.6 Å². The number of rotatable bonds is 4. The molecule has 3 saturated heterocycles. The number of hydrogen-bond acceptors (Lipinski definition) is 6. The van der Waals surface area contributed by atoms with Crippen LogP contribution in [0.1, 0.15) is 30.6 Å². The molecule has 5 heterocycles. The van der Waals surface area contributed by atoms with E-state index >= 15 is 4.39 Å². The number of fused-ring (bicyclic) bond motifs is 2. The number of amides is 2. The van der Waals surface area contributed by atoms with Crippen LogP contribution in [0.2, 0.25) is 5.02 Å². The first kappa shape index (κ1) is 29.7. The van der Waals surface area contributed by atoms with E-state index in [1.54, 1.807) is 21.9 Å². The normalized spacial score (nSPS) is 24.2. The van der Waals surface area contributed by atoms with Gasteiger partial charge in [0.1, 0.15) is 28.8 Å². The molecular weight excluding hydrogens is 590 g/mol. The third-order valence-corrected chi connectivity index (χ3v) is 9.42. The van der Waals surface area contributed by atoms with Gasteiger partial charge in [-0.3, -0.25) is 14.5 Å². The van der Waals surface area contributed by atoms with Gasteiger partial charge in [0.25, 0.3) is 5.91 Å². The number of halogens is 5. The summed E-state index contributed by atoms with van der Waals surface area (Å²) < 4.78 is 61.1. The van der Waals surface area contributed by atoms with E-state index in [1.165, 1.54) is 18.2 Å². The minimum Gasteiger partial charge on any atom is -0.489 e. The number of ether oxygens (including phenoxy) is 1. The van der Waals surface area contributed by atoms with Crippen LogP contribution in [0.25, 0.3) is 11.3 Å². The van der Waals surface area contributed by atoms with Gasteiger partial charge in [-0.1, -0.05) is 30.3 Å². The van der Waals surface area contributed by atoms with E-state index in [1.807, 2.05) is 23.6 Å². The maximum absolute atomic E-state index is 15.1. The Kier molecular flexibility index (Phi) is 7.36. The summed E-state index contributed by atoms with van der Waals surface area (Å²) >= 11 is 6.85. The van der Waals surface area contributed by atoms with Crippen LogP contribution in [-0.4, -0.2) is 101 Å². The zero-order valence-corrected chi connectivity index (χ0v) is 24.6. The average molecular weight is 622 g/mol. The van der Waals surface area contributed by atoms with Crippen molar-refractivity contribution in [1.82, 2.24) is 19.7 Å². The first-order valence-corrected chi connectivity index (χ1v) is 14.6. The van der Waals surface area contributed by atoms with E-state index in [2.05, 4.69) is 6.58 Å². The molecule has 2 amide bonds. The Hall–Kier alpha value is -3.38. The van der Waals surface area contributed by atoms with Crippen LogP contribution in [0.4, 0.5) is 23.4 Å². The van der Waals surface area contributed by atoms with Crippen molar-refractivity contribution in [1.29, 1.82) is 0 Å². The minimum atomic E-state index is -4.24. The third kappa shape index (κ3) is 5.12. The molecule has 230 valence electrons. The van der Waals surface area contributed by atoms with Crippen LogP contribution in [0, 0.1) is 11.7 Å². The van der Waals surface area contributed by atoms with Crippen molar-refractivity contribution < 1.29 is 31.9 Å². The molecule has 0 N–H and O–H groups in total. The molecule has 0 saturated carbocycles. The van der Waals surface area contributed by atoms with Gasteiger partial charge in [-0.25, -0.2) is 9.37 Å². The van der Waals surface area contributed by atoms with Crippen LogP contribution < -0.4 is 9.64 Å². The first-order valence-electron chi connectivity index (χ1n) is 14.2. The van der Waals surface area contributed by atoms with Gasteiger partial charge in [0, 0.05) is 56.4 Å². The van der Waals surface area contributed by atoms with Gasteiger partial charge in [-0.05, 0) is 38.5 Å². The summed E-state index contributed by atoms with van der Waals surface area (Å²) in [6, 6.07) is 5.33. The smallest absolute Gasteiger partial charge is 0.394 e. The van der Waals surface area contributed by atoms with Gasteiger partial charge in [0.05, 0.1) is 17.7 Å². The Morgan fingerprint density at radius 1 is 1.14 bits per heavy atom. The van der Waals surface area contributed by atoms with Crippen LogP contribution in [0.15, 0.2) is 36.9 Å². The molecule has 0 unspecified atom stereocenters. The lowest BCUT2D eigenvalue weighted by Gasteiger charge is -2.43. The first-order chi connectivity index (χ1) is 20.3. The van der Waals surface area contributed by atoms with Gasteiger partial charge in [0.15, 0.2) is 5.75 Å². The molecule has 8 nitrogen and oxygen atoms in total. The maximum atomic E-state index is 15.1. The molecule has 1 aromatic carbocycles. The maximum Gasteiger partial charge on any atom is 0.394 e. The van der Waals surface area contributed by atoms with E-state index in [0.717, 1.165) is 0 Å². The van der Waals surface area contributed by atoms with Crippen molar-refractivity contribution in [3.8, 4) is 17.0 Å². The topological polar surface area (TPSA) is 69.2 Å². The number of benzene rings is 1. The monoisotopic (exact) mass is 621 g/mol. The average Bonchev–Trinajstić information content (AvgIpc) is 3.15. The Morgan fingerprint density at radius 3 is 2.53 bits per heavy atom. The number of anilines is 1. The van der Waals surface area contributed by atoms with Crippen molar-refractivity contribution >= 4 is 29.2 Å². The molecule has 0 aliphatic carbocycles. The van der Waals surface area contributed by atoms with E-state index < -0.39 is 29.5 Å². The molecule has 0 radical (unpaired) electrons. The van der Waals surface area contributed by atoms with Crippen LogP contribution in [0.3, 0.4) is 0 Å². The quantitative estimate of drug-likeness (QED) is 0.367. The van der Waals surface area contributed by atoms with E-state index in [9.17, 15) is 22.8 Å². The van der Waals surface area contributed by atoms with Crippen molar-refractivity contribution in [2.45, 2.75) is 44.1 Å². The highest BCUT2D eigenvalue weighted by Crippen LogP contribution is 2.48. The number of pyridine rings is 1. The molecule has 43 heavy (non-hydrogen) atoms. The Bertz CT molecular complexity index is 1480. The summed E-state index contributed by atoms with van der Waals surface area (Å²) in [5, 5.41) is -0.0135. The highest BCUT2D eigenvalue weighted by Gasteiger charge is 2.53. The fourth-order valence-electron chi connectivity index (χ4n) is 6.65. The van der Waals surface area contributed by atoms with Gasteiger partial charge in [-0.2, -0.15) is 13.2 Å². The summed E-state index contributed by atoms with van der Waals surface area (Å²) in [6.07, 6.45) is -2.48. The van der Waals surface area contributed by atoms with Crippen LogP contribution in [-0.2, 0) is 4.79 Å². The van der Waals surface area contributed by atoms with Crippen LogP contribution in [0.5, 0.6) is 5.75 Å². The predicted octanol–water partition coefficient (Wildman–Crippen LogP) is 4.62. The summed E-state index contributed by atoms with van der Waals surface area (Å²) in [5.74, 6) is -2.23. The van der Waals surface area contributed by atoms with Crippen molar-refractivity contribution in [2.24, 2.45) is 5.92 Å².